The van der Waals surface area contributed by atoms with E-state index in [1.807, 2.05) is 0 Å². The van der Waals surface area contributed by atoms with Crippen molar-refractivity contribution in [2.45, 2.75) is 45.3 Å². The molecule has 5 heteroatoms. The van der Waals surface area contributed by atoms with E-state index in [9.17, 15) is 9.59 Å². The molecule has 1 aliphatic rings. The average molecular weight is 255 g/mol. The Morgan fingerprint density at radius 3 is 2.33 bits per heavy atom. The summed E-state index contributed by atoms with van der Waals surface area (Å²) in [6, 6.07) is 0. The molecule has 2 N–H and O–H groups in total. The number of hydrogen-bond acceptors (Lipinski definition) is 5. The highest BCUT2D eigenvalue weighted by atomic mass is 16.6. The molecule has 0 heterocycles. The summed E-state index contributed by atoms with van der Waals surface area (Å²) < 4.78 is 10.2. The molecule has 2 atom stereocenters. The summed E-state index contributed by atoms with van der Waals surface area (Å²) in [5.41, 5.74) is 2.81. The van der Waals surface area contributed by atoms with Crippen molar-refractivity contribution < 1.29 is 19.1 Å². The van der Waals surface area contributed by atoms with Gasteiger partial charge in [0.25, 0.3) is 0 Å². The van der Waals surface area contributed by atoms with E-state index in [0.29, 0.717) is 0 Å². The Morgan fingerprint density at radius 2 is 1.94 bits per heavy atom. The molecule has 1 fully saturated rings. The van der Waals surface area contributed by atoms with Gasteiger partial charge in [0.2, 0.25) is 0 Å². The Balaban J connectivity index is 2.89. The molecule has 0 aromatic carbocycles. The lowest BCUT2D eigenvalue weighted by Gasteiger charge is -2.24. The first-order valence-electron chi connectivity index (χ1n) is 5.96. The lowest BCUT2D eigenvalue weighted by molar-refractivity contribution is -0.163. The maximum absolute atomic E-state index is 12.1. The van der Waals surface area contributed by atoms with Crippen LogP contribution in [-0.4, -0.2) is 29.7 Å². The van der Waals surface area contributed by atoms with Gasteiger partial charge in [-0.25, -0.2) is 0 Å². The quantitative estimate of drug-likeness (QED) is 0.602. The molecule has 0 bridgehead atoms. The molecule has 0 aromatic heterocycles. The van der Waals surface area contributed by atoms with Crippen molar-refractivity contribution in [2.75, 3.05) is 6.61 Å². The third kappa shape index (κ3) is 2.27. The minimum absolute atomic E-state index is 0.178. The molecule has 0 amide bonds. The zero-order valence-electron chi connectivity index (χ0n) is 11.4. The number of rotatable bonds is 4. The van der Waals surface area contributed by atoms with E-state index in [-0.39, 0.29) is 13.0 Å². The number of ether oxygens (including phenoxy) is 2. The molecular weight excluding hydrogens is 234 g/mol. The van der Waals surface area contributed by atoms with Crippen molar-refractivity contribution in [2.24, 2.45) is 11.1 Å². The second-order valence-electron chi connectivity index (χ2n) is 5.55. The minimum atomic E-state index is -1.34. The average Bonchev–Trinajstić information content (AvgIpc) is 2.85. The summed E-state index contributed by atoms with van der Waals surface area (Å²) in [5.74, 6) is -1.11. The van der Waals surface area contributed by atoms with Crippen LogP contribution in [0.1, 0.15) is 34.1 Å². The van der Waals surface area contributed by atoms with Crippen molar-refractivity contribution in [3.8, 4) is 0 Å². The topological polar surface area (TPSA) is 78.6 Å². The van der Waals surface area contributed by atoms with Crippen LogP contribution in [-0.2, 0) is 19.1 Å². The summed E-state index contributed by atoms with van der Waals surface area (Å²) in [7, 11) is 0. The van der Waals surface area contributed by atoms with Gasteiger partial charge in [0.15, 0.2) is 0 Å². The minimum Gasteiger partial charge on any atom is -0.465 e. The van der Waals surface area contributed by atoms with E-state index < -0.39 is 28.5 Å². The molecule has 0 saturated heterocycles. The van der Waals surface area contributed by atoms with E-state index in [1.54, 1.807) is 27.7 Å². The molecule has 0 aliphatic heterocycles. The van der Waals surface area contributed by atoms with Crippen molar-refractivity contribution >= 4 is 11.9 Å². The number of carbonyl (C=O) groups excluding carboxylic acids is 2. The van der Waals surface area contributed by atoms with Crippen molar-refractivity contribution in [3.05, 3.63) is 12.7 Å². The van der Waals surface area contributed by atoms with Crippen molar-refractivity contribution in [3.63, 3.8) is 0 Å². The first-order chi connectivity index (χ1) is 8.13. The van der Waals surface area contributed by atoms with Gasteiger partial charge in [-0.3, -0.25) is 9.59 Å². The molecule has 2 unspecified atom stereocenters. The first kappa shape index (κ1) is 14.7. The summed E-state index contributed by atoms with van der Waals surface area (Å²) >= 11 is 0. The molecule has 102 valence electrons. The Bertz CT molecular complexity index is 385. The van der Waals surface area contributed by atoms with Gasteiger partial charge in [-0.05, 0) is 34.1 Å². The number of nitrogens with two attached hydrogens (primary N) is 1. The third-order valence-electron chi connectivity index (χ3n) is 2.98. The maximum atomic E-state index is 12.1. The third-order valence-corrected chi connectivity index (χ3v) is 2.98. The predicted molar refractivity (Wildman–Crippen MR) is 66.6 cm³/mol. The molecule has 0 radical (unpaired) electrons. The molecular formula is C13H21NO4. The van der Waals surface area contributed by atoms with Crippen LogP contribution < -0.4 is 5.73 Å². The van der Waals surface area contributed by atoms with Crippen molar-refractivity contribution in [1.82, 2.24) is 0 Å². The maximum Gasteiger partial charge on any atom is 0.327 e. The molecule has 5 nitrogen and oxygen atoms in total. The van der Waals surface area contributed by atoms with E-state index in [2.05, 4.69) is 6.58 Å². The van der Waals surface area contributed by atoms with Gasteiger partial charge in [0, 0.05) is 0 Å². The number of hydrogen-bond donors (Lipinski definition) is 1. The van der Waals surface area contributed by atoms with E-state index in [0.717, 1.165) is 0 Å². The smallest absolute Gasteiger partial charge is 0.327 e. The van der Waals surface area contributed by atoms with Crippen LogP contribution in [0.5, 0.6) is 0 Å². The Hall–Kier alpha value is -1.36. The molecule has 0 aromatic rings. The van der Waals surface area contributed by atoms with Gasteiger partial charge in [0.05, 0.1) is 6.61 Å². The number of esters is 2. The van der Waals surface area contributed by atoms with E-state index >= 15 is 0 Å². The van der Waals surface area contributed by atoms with Gasteiger partial charge < -0.3 is 15.2 Å². The lowest BCUT2D eigenvalue weighted by atomic mass is 10.00. The first-order valence-corrected chi connectivity index (χ1v) is 5.96. The fourth-order valence-electron chi connectivity index (χ4n) is 1.87. The highest BCUT2D eigenvalue weighted by Gasteiger charge is 2.75. The zero-order chi connectivity index (χ0) is 14.2. The van der Waals surface area contributed by atoms with Crippen LogP contribution in [0.2, 0.25) is 0 Å². The van der Waals surface area contributed by atoms with Crippen molar-refractivity contribution in [1.29, 1.82) is 0 Å². The summed E-state index contributed by atoms with van der Waals surface area (Å²) in [4.78, 5) is 23.9. The Kier molecular flexibility index (Phi) is 3.58. The SMILES string of the molecule is C=CC1(C(=O)OC(C)(C)C)CC1(N)C(=O)OCC. The standard InChI is InChI=1S/C13H21NO4/c1-6-12(9(15)18-11(3,4)5)8-13(12,14)10(16)17-7-2/h6H,1,7-8,14H2,2-5H3. The van der Waals surface area contributed by atoms with Crippen LogP contribution in [0.25, 0.3) is 0 Å². The fourth-order valence-corrected chi connectivity index (χ4v) is 1.87. The van der Waals surface area contributed by atoms with Gasteiger partial charge >= 0.3 is 11.9 Å². The van der Waals surface area contributed by atoms with Crippen LogP contribution in [0.4, 0.5) is 0 Å². The lowest BCUT2D eigenvalue weighted by Crippen LogP contribution is -2.44. The Labute approximate surface area is 107 Å². The zero-order valence-corrected chi connectivity index (χ0v) is 11.4. The molecule has 18 heavy (non-hydrogen) atoms. The second-order valence-corrected chi connectivity index (χ2v) is 5.55. The van der Waals surface area contributed by atoms with Crippen LogP contribution in [0.3, 0.4) is 0 Å². The normalized spacial score (nSPS) is 30.5. The van der Waals surface area contributed by atoms with Crippen LogP contribution in [0.15, 0.2) is 12.7 Å². The Morgan fingerprint density at radius 1 is 1.39 bits per heavy atom. The largest absolute Gasteiger partial charge is 0.465 e. The van der Waals surface area contributed by atoms with E-state index in [4.69, 9.17) is 15.2 Å². The summed E-state index contributed by atoms with van der Waals surface area (Å²) in [6.45, 7) is 10.8. The highest BCUT2D eigenvalue weighted by Crippen LogP contribution is 2.57. The molecule has 1 aliphatic carbocycles. The molecule has 1 saturated carbocycles. The highest BCUT2D eigenvalue weighted by molar-refractivity contribution is 5.99. The monoisotopic (exact) mass is 255 g/mol. The van der Waals surface area contributed by atoms with Gasteiger partial charge in [0.1, 0.15) is 16.6 Å². The summed E-state index contributed by atoms with van der Waals surface area (Å²) in [6.07, 6.45) is 1.56. The van der Waals surface area contributed by atoms with Crippen LogP contribution >= 0.6 is 0 Å². The fraction of sp³-hybridized carbons (Fsp3) is 0.692. The number of carbonyl (C=O) groups is 2. The van der Waals surface area contributed by atoms with Gasteiger partial charge in [-0.1, -0.05) is 6.08 Å². The molecule has 0 spiro atoms. The van der Waals surface area contributed by atoms with E-state index in [1.165, 1.54) is 6.08 Å². The second kappa shape index (κ2) is 4.39. The van der Waals surface area contributed by atoms with Crippen LogP contribution in [0, 0.1) is 5.41 Å². The molecule has 1 rings (SSSR count). The summed E-state index contributed by atoms with van der Waals surface area (Å²) in [5, 5.41) is 0. The van der Waals surface area contributed by atoms with Gasteiger partial charge in [-0.2, -0.15) is 0 Å². The van der Waals surface area contributed by atoms with Gasteiger partial charge in [-0.15, -0.1) is 6.58 Å². The predicted octanol–water partition coefficient (Wildman–Crippen LogP) is 1.16.